The van der Waals surface area contributed by atoms with Crippen molar-refractivity contribution < 1.29 is 37.5 Å². The summed E-state index contributed by atoms with van der Waals surface area (Å²) in [6.45, 7) is 3.69. The molecule has 240 valence electrons. The van der Waals surface area contributed by atoms with E-state index in [0.29, 0.717) is 61.1 Å². The van der Waals surface area contributed by atoms with Gasteiger partial charge in [-0.15, -0.1) is 0 Å². The SMILES string of the molecule is CC(=O)N1CCC(C(=O)N2CCC(N(C)C(=O)c3cnc(Cl)c(Cl)c3)C(c3ccc(Cl)c(Cl)c3)C2)CC1.O=C(O)C(F)(F)F. The van der Waals surface area contributed by atoms with E-state index >= 15 is 0 Å². The Balaban J connectivity index is 0.000000676. The van der Waals surface area contributed by atoms with Crippen LogP contribution >= 0.6 is 46.4 Å². The number of likely N-dealkylation sites (tertiary alicyclic amines) is 2. The molecule has 1 aromatic heterocycles. The lowest BCUT2D eigenvalue weighted by Crippen LogP contribution is -2.53. The minimum atomic E-state index is -5.08. The molecule has 0 spiro atoms. The summed E-state index contributed by atoms with van der Waals surface area (Å²) in [6.07, 6.45) is -1.79. The number of hydrogen-bond donors (Lipinski definition) is 1. The van der Waals surface area contributed by atoms with E-state index in [4.69, 9.17) is 56.3 Å². The number of carbonyl (C=O) groups excluding carboxylic acids is 3. The van der Waals surface area contributed by atoms with Crippen molar-refractivity contribution in [2.24, 2.45) is 5.92 Å². The zero-order chi connectivity index (χ0) is 32.9. The predicted octanol–water partition coefficient (Wildman–Crippen LogP) is 6.04. The number of likely N-dealkylation sites (N-methyl/N-ethyl adjacent to an activating group) is 1. The summed E-state index contributed by atoms with van der Waals surface area (Å²) >= 11 is 24.6. The third kappa shape index (κ3) is 8.89. The number of aliphatic carboxylic acids is 1. The first-order valence-electron chi connectivity index (χ1n) is 13.4. The molecule has 0 bridgehead atoms. The highest BCUT2D eigenvalue weighted by Crippen LogP contribution is 2.36. The van der Waals surface area contributed by atoms with Gasteiger partial charge in [0.15, 0.2) is 0 Å². The standard InChI is InChI=1S/C26H28Cl4N4O3.C2HF3O2/c1-15(35)33-8-5-16(6-9-33)26(37)34-10-7-23(19(14-34)17-3-4-20(27)21(28)11-17)32(2)25(36)18-12-22(29)24(30)31-13-18;3-2(4,5)1(6)7/h3-4,11-13,16,19,23H,5-10,14H2,1-2H3;(H,6,7). The lowest BCUT2D eigenvalue weighted by atomic mass is 9.83. The molecule has 0 aliphatic carbocycles. The van der Waals surface area contributed by atoms with E-state index in [2.05, 4.69) is 4.98 Å². The van der Waals surface area contributed by atoms with Gasteiger partial charge in [-0.05, 0) is 43.0 Å². The molecule has 44 heavy (non-hydrogen) atoms. The summed E-state index contributed by atoms with van der Waals surface area (Å²) in [7, 11) is 1.75. The van der Waals surface area contributed by atoms with Crippen LogP contribution in [0.15, 0.2) is 30.5 Å². The Morgan fingerprint density at radius 1 is 0.932 bits per heavy atom. The van der Waals surface area contributed by atoms with Gasteiger partial charge in [0.25, 0.3) is 5.91 Å². The van der Waals surface area contributed by atoms with Gasteiger partial charge in [-0.2, -0.15) is 13.2 Å². The summed E-state index contributed by atoms with van der Waals surface area (Å²) in [5, 5.41) is 8.32. The maximum atomic E-state index is 13.5. The normalized spacial score (nSPS) is 19.1. The Morgan fingerprint density at radius 2 is 1.52 bits per heavy atom. The quantitative estimate of drug-likeness (QED) is 0.390. The summed E-state index contributed by atoms with van der Waals surface area (Å²) in [5.74, 6) is -3.17. The average Bonchev–Trinajstić information content (AvgIpc) is 2.98. The minimum Gasteiger partial charge on any atom is -0.475 e. The molecule has 2 unspecified atom stereocenters. The van der Waals surface area contributed by atoms with Crippen LogP contribution in [0.1, 0.15) is 48.0 Å². The zero-order valence-corrected chi connectivity index (χ0v) is 26.6. The van der Waals surface area contributed by atoms with Gasteiger partial charge in [0.1, 0.15) is 5.15 Å². The smallest absolute Gasteiger partial charge is 0.475 e. The van der Waals surface area contributed by atoms with E-state index in [1.165, 1.54) is 12.3 Å². The van der Waals surface area contributed by atoms with E-state index < -0.39 is 12.1 Å². The molecular formula is C28H29Cl4F3N4O5. The van der Waals surface area contributed by atoms with Crippen LogP contribution in [-0.4, -0.2) is 93.9 Å². The lowest BCUT2D eigenvalue weighted by Gasteiger charge is -2.44. The van der Waals surface area contributed by atoms with E-state index in [1.807, 2.05) is 11.0 Å². The first-order valence-corrected chi connectivity index (χ1v) is 14.9. The zero-order valence-electron chi connectivity index (χ0n) is 23.6. The van der Waals surface area contributed by atoms with Gasteiger partial charge in [-0.1, -0.05) is 52.5 Å². The molecule has 16 heteroatoms. The number of carboxylic acids is 1. The fourth-order valence-corrected chi connectivity index (χ4v) is 5.84. The van der Waals surface area contributed by atoms with Crippen molar-refractivity contribution in [1.29, 1.82) is 0 Å². The van der Waals surface area contributed by atoms with Crippen molar-refractivity contribution in [2.45, 2.75) is 44.3 Å². The molecule has 3 amide bonds. The van der Waals surface area contributed by atoms with Crippen molar-refractivity contribution in [3.05, 3.63) is 61.8 Å². The highest BCUT2D eigenvalue weighted by molar-refractivity contribution is 6.42. The molecule has 4 rings (SSSR count). The Labute approximate surface area is 271 Å². The minimum absolute atomic E-state index is 0.0382. The highest BCUT2D eigenvalue weighted by Gasteiger charge is 2.40. The lowest BCUT2D eigenvalue weighted by molar-refractivity contribution is -0.192. The Morgan fingerprint density at radius 3 is 2.05 bits per heavy atom. The van der Waals surface area contributed by atoms with Gasteiger partial charge < -0.3 is 19.8 Å². The second-order valence-electron chi connectivity index (χ2n) is 10.4. The van der Waals surface area contributed by atoms with Crippen molar-refractivity contribution in [1.82, 2.24) is 19.7 Å². The number of rotatable bonds is 4. The largest absolute Gasteiger partial charge is 0.490 e. The third-order valence-electron chi connectivity index (χ3n) is 7.65. The monoisotopic (exact) mass is 698 g/mol. The molecule has 2 aliphatic rings. The van der Waals surface area contributed by atoms with Crippen LogP contribution in [0, 0.1) is 5.92 Å². The number of halogens is 7. The van der Waals surface area contributed by atoms with Crippen LogP contribution in [-0.2, 0) is 14.4 Å². The number of pyridine rings is 1. The molecular weight excluding hydrogens is 671 g/mol. The molecule has 2 fully saturated rings. The number of aromatic nitrogens is 1. The maximum absolute atomic E-state index is 13.5. The molecule has 0 radical (unpaired) electrons. The fourth-order valence-electron chi connectivity index (χ4n) is 5.27. The van der Waals surface area contributed by atoms with Gasteiger partial charge in [0.2, 0.25) is 11.8 Å². The first kappa shape index (κ1) is 35.7. The second-order valence-corrected chi connectivity index (χ2v) is 12.0. The van der Waals surface area contributed by atoms with Gasteiger partial charge >= 0.3 is 12.1 Å². The Bertz CT molecular complexity index is 1410. The number of carbonyl (C=O) groups is 4. The van der Waals surface area contributed by atoms with E-state index in [0.717, 1.165) is 5.56 Å². The molecule has 2 atom stereocenters. The summed E-state index contributed by atoms with van der Waals surface area (Å²) < 4.78 is 31.7. The molecule has 9 nitrogen and oxygen atoms in total. The van der Waals surface area contributed by atoms with Crippen LogP contribution in [0.2, 0.25) is 20.2 Å². The number of carboxylic acid groups (broad SMARTS) is 1. The third-order valence-corrected chi connectivity index (χ3v) is 9.08. The molecule has 2 aromatic rings. The molecule has 0 saturated carbocycles. The predicted molar refractivity (Wildman–Crippen MR) is 159 cm³/mol. The van der Waals surface area contributed by atoms with Crippen molar-refractivity contribution in [2.75, 3.05) is 33.2 Å². The average molecular weight is 700 g/mol. The fraction of sp³-hybridized carbons (Fsp3) is 0.464. The van der Waals surface area contributed by atoms with E-state index in [1.54, 1.807) is 35.9 Å². The Kier molecular flexibility index (Phi) is 12.2. The van der Waals surface area contributed by atoms with E-state index in [-0.39, 0.29) is 45.8 Å². The Hall–Kier alpha value is -2.80. The first-order chi connectivity index (χ1) is 20.5. The van der Waals surface area contributed by atoms with E-state index in [9.17, 15) is 27.6 Å². The topological polar surface area (TPSA) is 111 Å². The molecule has 1 N–H and O–H groups in total. The summed E-state index contributed by atoms with van der Waals surface area (Å²) in [5.41, 5.74) is 1.23. The van der Waals surface area contributed by atoms with Crippen LogP contribution in [0.5, 0.6) is 0 Å². The van der Waals surface area contributed by atoms with Gasteiger partial charge in [-0.25, -0.2) is 9.78 Å². The number of benzene rings is 1. The number of nitrogens with zero attached hydrogens (tertiary/aromatic N) is 4. The summed E-state index contributed by atoms with van der Waals surface area (Å²) in [6, 6.07) is 6.74. The molecule has 2 saturated heterocycles. The maximum Gasteiger partial charge on any atom is 0.490 e. The van der Waals surface area contributed by atoms with Crippen molar-refractivity contribution in [3.63, 3.8) is 0 Å². The second kappa shape index (κ2) is 15.0. The van der Waals surface area contributed by atoms with Crippen LogP contribution < -0.4 is 0 Å². The highest BCUT2D eigenvalue weighted by atomic mass is 35.5. The van der Waals surface area contributed by atoms with Gasteiger partial charge in [0.05, 0.1) is 20.6 Å². The number of amides is 3. The van der Waals surface area contributed by atoms with Crippen LogP contribution in [0.4, 0.5) is 13.2 Å². The number of piperidine rings is 2. The van der Waals surface area contributed by atoms with Crippen molar-refractivity contribution in [3.8, 4) is 0 Å². The molecule has 1 aromatic carbocycles. The number of hydrogen-bond acceptors (Lipinski definition) is 5. The molecule has 3 heterocycles. The van der Waals surface area contributed by atoms with Gasteiger partial charge in [-0.3, -0.25) is 14.4 Å². The van der Waals surface area contributed by atoms with Crippen molar-refractivity contribution >= 4 is 70.1 Å². The van der Waals surface area contributed by atoms with Crippen LogP contribution in [0.25, 0.3) is 0 Å². The van der Waals surface area contributed by atoms with Crippen LogP contribution in [0.3, 0.4) is 0 Å². The number of alkyl halides is 3. The summed E-state index contributed by atoms with van der Waals surface area (Å²) in [4.78, 5) is 56.8. The molecule has 2 aliphatic heterocycles. The van der Waals surface area contributed by atoms with Gasteiger partial charge in [0, 0.05) is 64.2 Å².